The minimum atomic E-state index is -4.51. The van der Waals surface area contributed by atoms with Gasteiger partial charge in [0.15, 0.2) is 0 Å². The van der Waals surface area contributed by atoms with Crippen LogP contribution >= 0.6 is 0 Å². The summed E-state index contributed by atoms with van der Waals surface area (Å²) < 4.78 is 54.5. The molecule has 4 aliphatic rings. The molecule has 4 saturated carbocycles. The van der Waals surface area contributed by atoms with E-state index in [-0.39, 0.29) is 39.6 Å². The molecule has 0 radical (unpaired) electrons. The van der Waals surface area contributed by atoms with Crippen LogP contribution in [0.2, 0.25) is 0 Å². The normalized spacial score (nSPS) is 29.0. The van der Waals surface area contributed by atoms with Gasteiger partial charge in [0.05, 0.1) is 18.1 Å². The maximum absolute atomic E-state index is 14.4. The van der Waals surface area contributed by atoms with Crippen LogP contribution in [0.15, 0.2) is 30.3 Å². The van der Waals surface area contributed by atoms with Gasteiger partial charge in [-0.1, -0.05) is 39.0 Å². The number of benzene rings is 2. The topological polar surface area (TPSA) is 47.6 Å². The molecule has 0 atom stereocenters. The predicted molar refractivity (Wildman–Crippen MR) is 151 cm³/mol. The zero-order valence-electron chi connectivity index (χ0n) is 24.4. The van der Waals surface area contributed by atoms with E-state index < -0.39 is 11.7 Å². The Hall–Kier alpha value is -2.28. The van der Waals surface area contributed by atoms with Crippen LogP contribution in [-0.2, 0) is 22.3 Å². The van der Waals surface area contributed by atoms with E-state index >= 15 is 0 Å². The van der Waals surface area contributed by atoms with Crippen molar-refractivity contribution in [1.29, 1.82) is 0 Å². The largest absolute Gasteiger partial charge is 0.490 e. The first-order chi connectivity index (χ1) is 18.8. The fourth-order valence-corrected chi connectivity index (χ4v) is 7.42. The Morgan fingerprint density at radius 3 is 2.17 bits per heavy atom. The second kappa shape index (κ2) is 10.8. The molecular formula is C33H44F3NO3. The molecule has 0 spiro atoms. The van der Waals surface area contributed by atoms with Crippen molar-refractivity contribution in [2.24, 2.45) is 16.7 Å². The van der Waals surface area contributed by atoms with Gasteiger partial charge < -0.3 is 14.8 Å². The smallest absolute Gasteiger partial charge is 0.420 e. The Labute approximate surface area is 236 Å². The SMILES string of the molecule is CCOC(=O)C12CCC(NCc3ccc4c(C(F)(F)F)c(O[C@H]5CC[C@H](C(C)(C)C)CC5)ccc4c3)(CC1)CC2. The van der Waals surface area contributed by atoms with Gasteiger partial charge in [-0.3, -0.25) is 4.79 Å². The van der Waals surface area contributed by atoms with E-state index in [1.165, 1.54) is 6.07 Å². The van der Waals surface area contributed by atoms with Crippen LogP contribution in [0, 0.1) is 16.7 Å². The van der Waals surface area contributed by atoms with Crippen LogP contribution in [0.3, 0.4) is 0 Å². The van der Waals surface area contributed by atoms with Gasteiger partial charge in [0.1, 0.15) is 11.3 Å². The van der Waals surface area contributed by atoms with E-state index in [2.05, 4.69) is 26.1 Å². The van der Waals surface area contributed by atoms with E-state index in [1.807, 2.05) is 13.0 Å². The molecule has 0 aliphatic heterocycles. The molecule has 0 heterocycles. The Morgan fingerprint density at radius 2 is 1.60 bits per heavy atom. The molecule has 6 rings (SSSR count). The minimum Gasteiger partial charge on any atom is -0.490 e. The number of hydrogen-bond acceptors (Lipinski definition) is 4. The van der Waals surface area contributed by atoms with Crippen molar-refractivity contribution in [3.63, 3.8) is 0 Å². The number of nitrogens with one attached hydrogen (secondary N) is 1. The lowest BCUT2D eigenvalue weighted by Gasteiger charge is -2.52. The van der Waals surface area contributed by atoms with Crippen LogP contribution in [0.25, 0.3) is 10.8 Å². The Bertz CT molecular complexity index is 1200. The van der Waals surface area contributed by atoms with Crippen LogP contribution < -0.4 is 10.1 Å². The van der Waals surface area contributed by atoms with Crippen LogP contribution in [0.1, 0.15) is 103 Å². The number of esters is 1. The highest BCUT2D eigenvalue weighted by Gasteiger charge is 2.53. The second-order valence-corrected chi connectivity index (χ2v) is 13.6. The van der Waals surface area contributed by atoms with Crippen molar-refractivity contribution in [3.8, 4) is 5.75 Å². The zero-order valence-corrected chi connectivity index (χ0v) is 24.4. The molecule has 4 fully saturated rings. The molecule has 0 unspecified atom stereocenters. The lowest BCUT2D eigenvalue weighted by molar-refractivity contribution is -0.163. The van der Waals surface area contributed by atoms with Gasteiger partial charge in [-0.25, -0.2) is 0 Å². The van der Waals surface area contributed by atoms with Crippen LogP contribution in [0.4, 0.5) is 13.2 Å². The first-order valence-electron chi connectivity index (χ1n) is 15.1. The molecular weight excluding hydrogens is 515 g/mol. The van der Waals surface area contributed by atoms with Gasteiger partial charge in [0.2, 0.25) is 0 Å². The highest BCUT2D eigenvalue weighted by molar-refractivity contribution is 5.89. The first kappa shape index (κ1) is 29.2. The van der Waals surface area contributed by atoms with E-state index in [9.17, 15) is 18.0 Å². The van der Waals surface area contributed by atoms with Crippen molar-refractivity contribution in [2.45, 2.75) is 116 Å². The zero-order chi connectivity index (χ0) is 28.8. The Balaban J connectivity index is 1.28. The number of carbonyl (C=O) groups excluding carboxylic acids is 1. The minimum absolute atomic E-state index is 0.0238. The quantitative estimate of drug-likeness (QED) is 0.345. The number of carbonyl (C=O) groups is 1. The first-order valence-corrected chi connectivity index (χ1v) is 15.1. The third kappa shape index (κ3) is 5.86. The fraction of sp³-hybridized carbons (Fsp3) is 0.667. The van der Waals surface area contributed by atoms with Crippen molar-refractivity contribution in [2.75, 3.05) is 6.61 Å². The summed E-state index contributed by atoms with van der Waals surface area (Å²) in [6.45, 7) is 9.53. The van der Waals surface area contributed by atoms with Gasteiger partial charge in [-0.15, -0.1) is 0 Å². The monoisotopic (exact) mass is 559 g/mol. The number of rotatable bonds is 7. The third-order valence-corrected chi connectivity index (χ3v) is 10.1. The maximum Gasteiger partial charge on any atom is 0.420 e. The van der Waals surface area contributed by atoms with Crippen molar-refractivity contribution < 1.29 is 27.4 Å². The van der Waals surface area contributed by atoms with Gasteiger partial charge in [0.25, 0.3) is 0 Å². The molecule has 0 amide bonds. The number of ether oxygens (including phenoxy) is 2. The number of halogens is 3. The summed E-state index contributed by atoms with van der Waals surface area (Å²) in [5.41, 5.74) is 0.137. The van der Waals surface area contributed by atoms with Gasteiger partial charge >= 0.3 is 12.1 Å². The Kier molecular flexibility index (Phi) is 7.92. The van der Waals surface area contributed by atoms with E-state index in [4.69, 9.17) is 9.47 Å². The second-order valence-electron chi connectivity index (χ2n) is 13.6. The van der Waals surface area contributed by atoms with Crippen molar-refractivity contribution >= 4 is 16.7 Å². The summed E-state index contributed by atoms with van der Waals surface area (Å²) >= 11 is 0. The summed E-state index contributed by atoms with van der Waals surface area (Å²) in [5, 5.41) is 4.47. The highest BCUT2D eigenvalue weighted by Crippen LogP contribution is 2.53. The number of alkyl halides is 3. The average molecular weight is 560 g/mol. The van der Waals surface area contributed by atoms with Crippen LogP contribution in [-0.4, -0.2) is 24.2 Å². The van der Waals surface area contributed by atoms with E-state index in [0.717, 1.165) is 69.8 Å². The average Bonchev–Trinajstić information content (AvgIpc) is 2.92. The third-order valence-electron chi connectivity index (χ3n) is 10.1. The van der Waals surface area contributed by atoms with Crippen LogP contribution in [0.5, 0.6) is 5.75 Å². The molecule has 4 aliphatic carbocycles. The predicted octanol–water partition coefficient (Wildman–Crippen LogP) is 8.59. The highest BCUT2D eigenvalue weighted by atomic mass is 19.4. The standard InChI is InChI=1S/C33H44F3NO3/c1-5-39-29(38)31-14-17-32(18-15-31,19-16-31)37-21-22-6-12-26-23(20-22)7-13-27(28(26)33(34,35)36)40-25-10-8-24(9-11-25)30(2,3)4/h6-7,12-13,20,24-25,37H,5,8-11,14-19,21H2,1-4H3/t24-,25-,31?,32?. The molecule has 4 nitrogen and oxygen atoms in total. The molecule has 7 heteroatoms. The molecule has 40 heavy (non-hydrogen) atoms. The van der Waals surface area contributed by atoms with Crippen molar-refractivity contribution in [3.05, 3.63) is 41.5 Å². The van der Waals surface area contributed by atoms with E-state index in [0.29, 0.717) is 24.5 Å². The van der Waals surface area contributed by atoms with Gasteiger partial charge in [-0.05, 0) is 111 Å². The fourth-order valence-electron chi connectivity index (χ4n) is 7.42. The lowest BCUT2D eigenvalue weighted by Crippen LogP contribution is -2.56. The summed E-state index contributed by atoms with van der Waals surface area (Å²) in [4.78, 5) is 12.5. The molecule has 0 saturated heterocycles. The molecule has 2 aromatic rings. The summed E-state index contributed by atoms with van der Waals surface area (Å²) in [5.74, 6) is 0.456. The molecule has 0 aromatic heterocycles. The maximum atomic E-state index is 14.4. The summed E-state index contributed by atoms with van der Waals surface area (Å²) in [6.07, 6.45) is 4.04. The van der Waals surface area contributed by atoms with Crippen molar-refractivity contribution in [1.82, 2.24) is 5.32 Å². The van der Waals surface area contributed by atoms with Gasteiger partial charge in [0, 0.05) is 12.1 Å². The lowest BCUT2D eigenvalue weighted by atomic mass is 9.57. The molecule has 1 N–H and O–H groups in total. The number of fused-ring (bicyclic) bond motifs is 4. The Morgan fingerprint density at radius 1 is 0.950 bits per heavy atom. The number of hydrogen-bond donors (Lipinski definition) is 1. The van der Waals surface area contributed by atoms with E-state index in [1.54, 1.807) is 18.2 Å². The molecule has 2 bridgehead atoms. The molecule has 220 valence electrons. The molecule has 2 aromatic carbocycles. The summed E-state index contributed by atoms with van der Waals surface area (Å²) in [6, 6.07) is 8.53. The van der Waals surface area contributed by atoms with Gasteiger partial charge in [-0.2, -0.15) is 13.2 Å². The summed E-state index contributed by atoms with van der Waals surface area (Å²) in [7, 11) is 0.